The van der Waals surface area contributed by atoms with Crippen LogP contribution in [0.4, 0.5) is 0 Å². The van der Waals surface area contributed by atoms with Crippen molar-refractivity contribution in [1.82, 2.24) is 20.0 Å². The zero-order valence-corrected chi connectivity index (χ0v) is 13.5. The molecule has 6 heteroatoms. The van der Waals surface area contributed by atoms with E-state index in [1.54, 1.807) is 10.9 Å². The van der Waals surface area contributed by atoms with Crippen LogP contribution in [0.1, 0.15) is 23.0 Å². The molecule has 1 aromatic heterocycles. The third-order valence-corrected chi connectivity index (χ3v) is 4.23. The minimum Gasteiger partial charge on any atom is -0.333 e. The molecular weight excluding hydrogens is 300 g/mol. The Labute approximate surface area is 134 Å². The number of aromatic nitrogens is 2. The third-order valence-electron chi connectivity index (χ3n) is 3.98. The molecule has 1 aliphatic rings. The topological polar surface area (TPSA) is 50.2 Å². The molecule has 1 aromatic carbocycles. The van der Waals surface area contributed by atoms with Gasteiger partial charge in [-0.05, 0) is 38.1 Å². The van der Waals surface area contributed by atoms with E-state index >= 15 is 0 Å². The predicted octanol–water partition coefficient (Wildman–Crippen LogP) is 2.27. The van der Waals surface area contributed by atoms with E-state index in [1.165, 1.54) is 0 Å². The van der Waals surface area contributed by atoms with E-state index in [0.717, 1.165) is 31.0 Å². The molecule has 1 fully saturated rings. The van der Waals surface area contributed by atoms with E-state index in [0.29, 0.717) is 10.6 Å². The molecule has 1 saturated heterocycles. The van der Waals surface area contributed by atoms with Crippen LogP contribution in [0.15, 0.2) is 30.5 Å². The molecule has 116 valence electrons. The van der Waals surface area contributed by atoms with E-state index in [-0.39, 0.29) is 11.9 Å². The molecule has 22 heavy (non-hydrogen) atoms. The summed E-state index contributed by atoms with van der Waals surface area (Å²) in [6, 6.07) is 7.59. The van der Waals surface area contributed by atoms with Crippen LogP contribution in [-0.2, 0) is 0 Å². The van der Waals surface area contributed by atoms with Crippen LogP contribution in [0.3, 0.4) is 0 Å². The molecule has 3 rings (SSSR count). The maximum absolute atomic E-state index is 12.8. The molecule has 2 aromatic rings. The number of hydrogen-bond donors (Lipinski definition) is 1. The second-order valence-electron chi connectivity index (χ2n) is 5.60. The fourth-order valence-electron chi connectivity index (χ4n) is 2.69. The summed E-state index contributed by atoms with van der Waals surface area (Å²) in [5.74, 6) is 0.0479. The Hall–Kier alpha value is -1.85. The zero-order chi connectivity index (χ0) is 15.7. The van der Waals surface area contributed by atoms with Gasteiger partial charge in [0.25, 0.3) is 5.91 Å². The van der Waals surface area contributed by atoms with Gasteiger partial charge < -0.3 is 10.2 Å². The molecule has 0 unspecified atom stereocenters. The molecule has 0 spiro atoms. The highest BCUT2D eigenvalue weighted by atomic mass is 35.5. The summed E-state index contributed by atoms with van der Waals surface area (Å²) in [6.07, 6.45) is 1.80. The Kier molecular flexibility index (Phi) is 4.18. The molecule has 1 N–H and O–H groups in total. The van der Waals surface area contributed by atoms with E-state index in [4.69, 9.17) is 11.6 Å². The number of benzene rings is 1. The van der Waals surface area contributed by atoms with Gasteiger partial charge in [-0.15, -0.1) is 0 Å². The summed E-state index contributed by atoms with van der Waals surface area (Å²) in [7, 11) is 0. The fourth-order valence-corrected chi connectivity index (χ4v) is 2.82. The summed E-state index contributed by atoms with van der Waals surface area (Å²) in [4.78, 5) is 14.7. The number of rotatable bonds is 2. The first-order valence-electron chi connectivity index (χ1n) is 7.40. The Bertz CT molecular complexity index is 680. The minimum atomic E-state index is 0.0479. The quantitative estimate of drug-likeness (QED) is 0.924. The van der Waals surface area contributed by atoms with Gasteiger partial charge in [0.05, 0.1) is 16.9 Å². The van der Waals surface area contributed by atoms with Crippen molar-refractivity contribution in [3.8, 4) is 5.69 Å². The van der Waals surface area contributed by atoms with Gasteiger partial charge in [-0.1, -0.05) is 11.6 Å². The van der Waals surface area contributed by atoms with E-state index in [1.807, 2.05) is 36.1 Å². The summed E-state index contributed by atoms with van der Waals surface area (Å²) < 4.78 is 1.73. The maximum atomic E-state index is 12.8. The van der Waals surface area contributed by atoms with Crippen molar-refractivity contribution >= 4 is 17.5 Å². The van der Waals surface area contributed by atoms with E-state index < -0.39 is 0 Å². The lowest BCUT2D eigenvalue weighted by molar-refractivity contribution is 0.0655. The zero-order valence-electron chi connectivity index (χ0n) is 12.7. The van der Waals surface area contributed by atoms with Crippen molar-refractivity contribution in [2.75, 3.05) is 19.6 Å². The number of hydrogen-bond acceptors (Lipinski definition) is 3. The molecule has 0 radical (unpaired) electrons. The minimum absolute atomic E-state index is 0.0479. The number of nitrogens with one attached hydrogen (secondary N) is 1. The normalized spacial score (nSPS) is 18.5. The summed E-state index contributed by atoms with van der Waals surface area (Å²) in [5.41, 5.74) is 2.29. The lowest BCUT2D eigenvalue weighted by Crippen LogP contribution is -2.52. The fraction of sp³-hybridized carbons (Fsp3) is 0.375. The Balaban J connectivity index is 1.88. The van der Waals surface area contributed by atoms with Crippen LogP contribution in [0, 0.1) is 6.92 Å². The molecular formula is C16H19ClN4O. The van der Waals surface area contributed by atoms with Gasteiger partial charge in [0, 0.05) is 36.9 Å². The number of carbonyl (C=O) groups is 1. The lowest BCUT2D eigenvalue weighted by Gasteiger charge is -2.33. The summed E-state index contributed by atoms with van der Waals surface area (Å²) in [5, 5.41) is 8.44. The highest BCUT2D eigenvalue weighted by Gasteiger charge is 2.26. The van der Waals surface area contributed by atoms with Gasteiger partial charge in [-0.3, -0.25) is 4.79 Å². The van der Waals surface area contributed by atoms with Crippen LogP contribution < -0.4 is 5.32 Å². The van der Waals surface area contributed by atoms with Crippen molar-refractivity contribution in [3.05, 3.63) is 46.7 Å². The SMILES string of the molecule is Cc1nn(-c2ccc(Cl)cc2)cc1C(=O)N1CCNC[C@@H]1C. The van der Waals surface area contributed by atoms with Gasteiger partial charge in [-0.2, -0.15) is 5.10 Å². The highest BCUT2D eigenvalue weighted by molar-refractivity contribution is 6.30. The van der Waals surface area contributed by atoms with Gasteiger partial charge in [-0.25, -0.2) is 4.68 Å². The Morgan fingerprint density at radius 2 is 2.09 bits per heavy atom. The first-order chi connectivity index (χ1) is 10.6. The number of nitrogens with zero attached hydrogens (tertiary/aromatic N) is 3. The molecule has 1 aliphatic heterocycles. The van der Waals surface area contributed by atoms with Gasteiger partial charge in [0.2, 0.25) is 0 Å². The summed E-state index contributed by atoms with van der Waals surface area (Å²) in [6.45, 7) is 6.32. The molecule has 0 aliphatic carbocycles. The van der Waals surface area contributed by atoms with Crippen LogP contribution in [0.2, 0.25) is 5.02 Å². The number of piperazine rings is 1. The van der Waals surface area contributed by atoms with Crippen molar-refractivity contribution in [2.45, 2.75) is 19.9 Å². The monoisotopic (exact) mass is 318 g/mol. The van der Waals surface area contributed by atoms with Gasteiger partial charge in [0.1, 0.15) is 0 Å². The Morgan fingerprint density at radius 1 is 1.36 bits per heavy atom. The lowest BCUT2D eigenvalue weighted by atomic mass is 10.1. The second kappa shape index (κ2) is 6.10. The largest absolute Gasteiger partial charge is 0.333 e. The van der Waals surface area contributed by atoms with Crippen LogP contribution in [0.5, 0.6) is 0 Å². The van der Waals surface area contributed by atoms with Crippen LogP contribution in [-0.4, -0.2) is 46.3 Å². The second-order valence-corrected chi connectivity index (χ2v) is 6.04. The van der Waals surface area contributed by atoms with Gasteiger partial charge in [0.15, 0.2) is 0 Å². The van der Waals surface area contributed by atoms with Crippen molar-refractivity contribution in [1.29, 1.82) is 0 Å². The highest BCUT2D eigenvalue weighted by Crippen LogP contribution is 2.17. The van der Waals surface area contributed by atoms with E-state index in [2.05, 4.69) is 17.3 Å². The smallest absolute Gasteiger partial charge is 0.257 e. The van der Waals surface area contributed by atoms with Crippen molar-refractivity contribution < 1.29 is 4.79 Å². The standard InChI is InChI=1S/C16H19ClN4O/c1-11-9-18-7-8-20(11)16(22)15-10-21(19-12(15)2)14-5-3-13(17)4-6-14/h3-6,10-11,18H,7-9H2,1-2H3/t11-/m0/s1. The predicted molar refractivity (Wildman–Crippen MR) is 86.7 cm³/mol. The van der Waals surface area contributed by atoms with E-state index in [9.17, 15) is 4.79 Å². The number of halogens is 1. The average Bonchev–Trinajstić information content (AvgIpc) is 2.90. The number of carbonyl (C=O) groups excluding carboxylic acids is 1. The molecule has 1 amide bonds. The Morgan fingerprint density at radius 3 is 2.77 bits per heavy atom. The molecule has 0 saturated carbocycles. The molecule has 1 atom stereocenters. The first-order valence-corrected chi connectivity index (χ1v) is 7.78. The summed E-state index contributed by atoms with van der Waals surface area (Å²) >= 11 is 5.91. The van der Waals surface area contributed by atoms with Crippen LogP contribution >= 0.6 is 11.6 Å². The van der Waals surface area contributed by atoms with Crippen LogP contribution in [0.25, 0.3) is 5.69 Å². The van der Waals surface area contributed by atoms with Gasteiger partial charge >= 0.3 is 0 Å². The molecule has 0 bridgehead atoms. The average molecular weight is 319 g/mol. The third kappa shape index (κ3) is 2.87. The number of aryl methyl sites for hydroxylation is 1. The molecule has 5 nitrogen and oxygen atoms in total. The first kappa shape index (κ1) is 15.1. The van der Waals surface area contributed by atoms with Crippen molar-refractivity contribution in [3.63, 3.8) is 0 Å². The maximum Gasteiger partial charge on any atom is 0.257 e. The van der Waals surface area contributed by atoms with Crippen molar-refractivity contribution in [2.24, 2.45) is 0 Å². The number of amides is 1. The molecule has 2 heterocycles.